The van der Waals surface area contributed by atoms with Crippen molar-refractivity contribution in [2.75, 3.05) is 13.1 Å². The van der Waals surface area contributed by atoms with Gasteiger partial charge in [0.1, 0.15) is 0 Å². The number of nitrogens with one attached hydrogen (secondary N) is 1. The molecule has 0 amide bonds. The largest absolute Gasteiger partial charge is 0.329 e. The molecule has 0 aromatic rings. The van der Waals surface area contributed by atoms with Crippen molar-refractivity contribution in [1.29, 1.82) is 0 Å². The van der Waals surface area contributed by atoms with Crippen LogP contribution in [0.4, 0.5) is 0 Å². The van der Waals surface area contributed by atoms with Crippen LogP contribution in [0, 0.1) is 11.8 Å². The molecule has 1 unspecified atom stereocenters. The molecular weight excluding hydrogens is 196 g/mol. The molecule has 0 aromatic carbocycles. The lowest BCUT2D eigenvalue weighted by molar-refractivity contribution is 0.260. The Balaban J connectivity index is 2.29. The number of hydrogen-bond acceptors (Lipinski definition) is 2. The Bertz CT molecular complexity index is 160. The molecular formula is C14H30N2. The topological polar surface area (TPSA) is 38.0 Å². The molecule has 0 spiro atoms. The molecule has 0 heterocycles. The summed E-state index contributed by atoms with van der Waals surface area (Å²) in [5.41, 5.74) is 5.91. The zero-order valence-electron chi connectivity index (χ0n) is 11.2. The van der Waals surface area contributed by atoms with Crippen LogP contribution < -0.4 is 11.1 Å². The average molecular weight is 226 g/mol. The van der Waals surface area contributed by atoms with Gasteiger partial charge >= 0.3 is 0 Å². The van der Waals surface area contributed by atoms with Crippen LogP contribution in [-0.2, 0) is 0 Å². The third-order valence-electron chi connectivity index (χ3n) is 4.30. The fourth-order valence-electron chi connectivity index (χ4n) is 2.87. The maximum absolute atomic E-state index is 5.91. The lowest BCUT2D eigenvalue weighted by Crippen LogP contribution is -2.44. The molecule has 0 saturated heterocycles. The van der Waals surface area contributed by atoms with Crippen molar-refractivity contribution in [3.8, 4) is 0 Å². The normalized spacial score (nSPS) is 20.2. The molecule has 0 bridgehead atoms. The van der Waals surface area contributed by atoms with Gasteiger partial charge in [0.15, 0.2) is 0 Å². The Hall–Kier alpha value is -0.0800. The van der Waals surface area contributed by atoms with E-state index in [0.717, 1.165) is 24.9 Å². The second-order valence-corrected chi connectivity index (χ2v) is 5.33. The summed E-state index contributed by atoms with van der Waals surface area (Å²) in [6, 6.07) is 0.570. The zero-order valence-corrected chi connectivity index (χ0v) is 11.2. The van der Waals surface area contributed by atoms with Gasteiger partial charge in [0.25, 0.3) is 0 Å². The lowest BCUT2D eigenvalue weighted by atomic mass is 9.83. The molecule has 96 valence electrons. The first-order valence-electron chi connectivity index (χ1n) is 7.25. The first kappa shape index (κ1) is 14.0. The molecule has 0 aliphatic heterocycles. The quantitative estimate of drug-likeness (QED) is 0.700. The van der Waals surface area contributed by atoms with Crippen molar-refractivity contribution in [3.63, 3.8) is 0 Å². The van der Waals surface area contributed by atoms with Crippen LogP contribution in [0.3, 0.4) is 0 Å². The van der Waals surface area contributed by atoms with Gasteiger partial charge in [-0.15, -0.1) is 0 Å². The highest BCUT2D eigenvalue weighted by molar-refractivity contribution is 4.80. The van der Waals surface area contributed by atoms with Crippen LogP contribution in [-0.4, -0.2) is 19.1 Å². The summed E-state index contributed by atoms with van der Waals surface area (Å²) < 4.78 is 0. The van der Waals surface area contributed by atoms with E-state index >= 15 is 0 Å². The van der Waals surface area contributed by atoms with Gasteiger partial charge in [0, 0.05) is 12.6 Å². The van der Waals surface area contributed by atoms with Crippen molar-refractivity contribution >= 4 is 0 Å². The first-order valence-corrected chi connectivity index (χ1v) is 7.25. The fraction of sp³-hybridized carbons (Fsp3) is 1.00. The van der Waals surface area contributed by atoms with Gasteiger partial charge in [0.05, 0.1) is 0 Å². The van der Waals surface area contributed by atoms with E-state index in [2.05, 4.69) is 19.2 Å². The Morgan fingerprint density at radius 2 is 1.75 bits per heavy atom. The summed E-state index contributed by atoms with van der Waals surface area (Å²) in [7, 11) is 0. The molecule has 16 heavy (non-hydrogen) atoms. The van der Waals surface area contributed by atoms with Gasteiger partial charge in [-0.05, 0) is 31.2 Å². The van der Waals surface area contributed by atoms with Crippen molar-refractivity contribution in [3.05, 3.63) is 0 Å². The minimum Gasteiger partial charge on any atom is -0.329 e. The number of nitrogens with two attached hydrogens (primary N) is 1. The van der Waals surface area contributed by atoms with Crippen LogP contribution in [0.25, 0.3) is 0 Å². The summed E-state index contributed by atoms with van der Waals surface area (Å²) >= 11 is 0. The Morgan fingerprint density at radius 1 is 1.12 bits per heavy atom. The Morgan fingerprint density at radius 3 is 2.25 bits per heavy atom. The van der Waals surface area contributed by atoms with E-state index in [0.29, 0.717) is 6.04 Å². The van der Waals surface area contributed by atoms with Crippen LogP contribution in [0.1, 0.15) is 58.8 Å². The molecule has 1 aliphatic rings. The van der Waals surface area contributed by atoms with Crippen molar-refractivity contribution in [2.45, 2.75) is 64.8 Å². The maximum atomic E-state index is 5.91. The Kier molecular flexibility index (Phi) is 7.06. The smallest absolute Gasteiger partial charge is 0.0218 e. The highest BCUT2D eigenvalue weighted by Crippen LogP contribution is 2.26. The highest BCUT2D eigenvalue weighted by atomic mass is 14.9. The second kappa shape index (κ2) is 8.08. The number of hydrogen-bond donors (Lipinski definition) is 2. The van der Waals surface area contributed by atoms with E-state index in [-0.39, 0.29) is 0 Å². The third kappa shape index (κ3) is 4.42. The van der Waals surface area contributed by atoms with Gasteiger partial charge in [-0.25, -0.2) is 0 Å². The maximum Gasteiger partial charge on any atom is 0.0218 e. The minimum atomic E-state index is 0.570. The molecule has 2 nitrogen and oxygen atoms in total. The monoisotopic (exact) mass is 226 g/mol. The molecule has 3 N–H and O–H groups in total. The van der Waals surface area contributed by atoms with E-state index in [1.165, 1.54) is 44.9 Å². The molecule has 0 radical (unpaired) electrons. The van der Waals surface area contributed by atoms with Crippen LogP contribution in [0.2, 0.25) is 0 Å². The molecule has 1 aliphatic carbocycles. The van der Waals surface area contributed by atoms with Gasteiger partial charge in [0.2, 0.25) is 0 Å². The molecule has 2 heteroatoms. The van der Waals surface area contributed by atoms with E-state index in [9.17, 15) is 0 Å². The molecule has 1 saturated carbocycles. The standard InChI is InChI=1S/C14H30N2/c1-3-12(4-2)11-16-14(10-15)13-8-6-5-7-9-13/h12-14,16H,3-11,15H2,1-2H3. The fourth-order valence-corrected chi connectivity index (χ4v) is 2.87. The summed E-state index contributed by atoms with van der Waals surface area (Å²) in [5, 5.41) is 3.72. The lowest BCUT2D eigenvalue weighted by Gasteiger charge is -2.31. The highest BCUT2D eigenvalue weighted by Gasteiger charge is 2.22. The van der Waals surface area contributed by atoms with Crippen molar-refractivity contribution < 1.29 is 0 Å². The average Bonchev–Trinajstić information content (AvgIpc) is 2.36. The van der Waals surface area contributed by atoms with E-state index < -0.39 is 0 Å². The Labute approximate surface area is 101 Å². The molecule has 1 rings (SSSR count). The molecule has 0 aromatic heterocycles. The van der Waals surface area contributed by atoms with Crippen LogP contribution in [0.5, 0.6) is 0 Å². The van der Waals surface area contributed by atoms with E-state index in [1.54, 1.807) is 0 Å². The summed E-state index contributed by atoms with van der Waals surface area (Å²) in [6.07, 6.45) is 9.59. The summed E-state index contributed by atoms with van der Waals surface area (Å²) in [4.78, 5) is 0. The predicted molar refractivity (Wildman–Crippen MR) is 71.5 cm³/mol. The van der Waals surface area contributed by atoms with Crippen LogP contribution in [0.15, 0.2) is 0 Å². The van der Waals surface area contributed by atoms with E-state index in [4.69, 9.17) is 5.73 Å². The third-order valence-corrected chi connectivity index (χ3v) is 4.30. The first-order chi connectivity index (χ1) is 7.81. The van der Waals surface area contributed by atoms with Crippen LogP contribution >= 0.6 is 0 Å². The van der Waals surface area contributed by atoms with Crippen molar-refractivity contribution in [1.82, 2.24) is 5.32 Å². The minimum absolute atomic E-state index is 0.570. The van der Waals surface area contributed by atoms with Gasteiger partial charge < -0.3 is 11.1 Å². The summed E-state index contributed by atoms with van der Waals surface area (Å²) in [5.74, 6) is 1.67. The molecule has 1 fully saturated rings. The van der Waals surface area contributed by atoms with Gasteiger partial charge in [-0.2, -0.15) is 0 Å². The molecule has 1 atom stereocenters. The van der Waals surface area contributed by atoms with Crippen molar-refractivity contribution in [2.24, 2.45) is 17.6 Å². The van der Waals surface area contributed by atoms with Gasteiger partial charge in [-0.3, -0.25) is 0 Å². The zero-order chi connectivity index (χ0) is 11.8. The number of rotatable bonds is 7. The predicted octanol–water partition coefficient (Wildman–Crippen LogP) is 2.92. The summed E-state index contributed by atoms with van der Waals surface area (Å²) in [6.45, 7) is 6.54. The second-order valence-electron chi connectivity index (χ2n) is 5.33. The van der Waals surface area contributed by atoms with E-state index in [1.807, 2.05) is 0 Å². The SMILES string of the molecule is CCC(CC)CNC(CN)C1CCCCC1. The van der Waals surface area contributed by atoms with Gasteiger partial charge in [-0.1, -0.05) is 46.0 Å².